The van der Waals surface area contributed by atoms with Crippen molar-refractivity contribution in [2.75, 3.05) is 31.2 Å². The van der Waals surface area contributed by atoms with E-state index >= 15 is 0 Å². The summed E-state index contributed by atoms with van der Waals surface area (Å²) in [6.07, 6.45) is 3.48. The van der Waals surface area contributed by atoms with Gasteiger partial charge in [-0.05, 0) is 37.0 Å². The van der Waals surface area contributed by atoms with Gasteiger partial charge in [-0.15, -0.1) is 0 Å². The first kappa shape index (κ1) is 12.9. The number of hydrogen-bond acceptors (Lipinski definition) is 3. The predicted molar refractivity (Wildman–Crippen MR) is 73.9 cm³/mol. The number of nitrogens with zero attached hydrogens (tertiary/aromatic N) is 1. The highest BCUT2D eigenvalue weighted by atomic mass is 19.1. The molecule has 1 aliphatic heterocycles. The molecule has 0 bridgehead atoms. The molecule has 3 rings (SSSR count). The molecule has 19 heavy (non-hydrogen) atoms. The fourth-order valence-corrected chi connectivity index (χ4v) is 2.45. The highest BCUT2D eigenvalue weighted by Gasteiger charge is 2.20. The third kappa shape index (κ3) is 3.45. The number of halogens is 1. The van der Waals surface area contributed by atoms with Crippen LogP contribution in [-0.4, -0.2) is 32.3 Å². The van der Waals surface area contributed by atoms with E-state index in [1.54, 1.807) is 6.07 Å². The number of anilines is 1. The largest absolute Gasteiger partial charge is 0.380 e. The molecule has 1 aromatic rings. The molecule has 2 aliphatic rings. The monoisotopic (exact) mass is 264 g/mol. The molecule has 104 valence electrons. The van der Waals surface area contributed by atoms with Gasteiger partial charge >= 0.3 is 0 Å². The van der Waals surface area contributed by atoms with Crippen LogP contribution in [0.5, 0.6) is 0 Å². The lowest BCUT2D eigenvalue weighted by Gasteiger charge is -2.22. The number of hydrogen-bond donors (Lipinski definition) is 1. The van der Waals surface area contributed by atoms with Crippen molar-refractivity contribution in [2.24, 2.45) is 0 Å². The van der Waals surface area contributed by atoms with Crippen molar-refractivity contribution in [3.8, 4) is 0 Å². The number of rotatable bonds is 4. The standard InChI is InChI=1S/C15H21FN2O/c16-14-10-12(11-17-13-3-4-13)2-5-15(14)18-6-1-8-19-9-7-18/h2,5,10,13,17H,1,3-4,6-9,11H2. The molecule has 0 atom stereocenters. The summed E-state index contributed by atoms with van der Waals surface area (Å²) >= 11 is 0. The molecular formula is C15H21FN2O. The zero-order valence-electron chi connectivity index (χ0n) is 11.2. The van der Waals surface area contributed by atoms with Crippen molar-refractivity contribution in [3.05, 3.63) is 29.6 Å². The van der Waals surface area contributed by atoms with Gasteiger partial charge in [0.15, 0.2) is 0 Å². The number of benzene rings is 1. The first-order valence-electron chi connectivity index (χ1n) is 7.17. The van der Waals surface area contributed by atoms with E-state index in [2.05, 4.69) is 10.2 Å². The van der Waals surface area contributed by atoms with Gasteiger partial charge in [-0.2, -0.15) is 0 Å². The summed E-state index contributed by atoms with van der Waals surface area (Å²) in [7, 11) is 0. The minimum Gasteiger partial charge on any atom is -0.380 e. The zero-order chi connectivity index (χ0) is 13.1. The molecule has 1 aliphatic carbocycles. The lowest BCUT2D eigenvalue weighted by molar-refractivity contribution is 0.152. The smallest absolute Gasteiger partial charge is 0.146 e. The third-order valence-electron chi connectivity index (χ3n) is 3.75. The molecule has 1 aromatic carbocycles. The van der Waals surface area contributed by atoms with Crippen molar-refractivity contribution in [1.82, 2.24) is 5.32 Å². The van der Waals surface area contributed by atoms with Crippen molar-refractivity contribution in [3.63, 3.8) is 0 Å². The van der Waals surface area contributed by atoms with E-state index in [-0.39, 0.29) is 5.82 Å². The fraction of sp³-hybridized carbons (Fsp3) is 0.600. The Labute approximate surface area is 113 Å². The van der Waals surface area contributed by atoms with Crippen LogP contribution in [0.2, 0.25) is 0 Å². The summed E-state index contributed by atoms with van der Waals surface area (Å²) in [6, 6.07) is 6.26. The van der Waals surface area contributed by atoms with Crippen molar-refractivity contribution in [2.45, 2.75) is 31.8 Å². The Kier molecular flexibility index (Phi) is 3.99. The quantitative estimate of drug-likeness (QED) is 0.903. The van der Waals surface area contributed by atoms with Crippen LogP contribution in [0, 0.1) is 5.82 Å². The molecule has 0 spiro atoms. The molecule has 3 nitrogen and oxygen atoms in total. The molecule has 0 radical (unpaired) electrons. The van der Waals surface area contributed by atoms with Gasteiger partial charge in [-0.1, -0.05) is 6.07 Å². The second-order valence-electron chi connectivity index (χ2n) is 5.39. The lowest BCUT2D eigenvalue weighted by atomic mass is 10.1. The van der Waals surface area contributed by atoms with Crippen LogP contribution in [-0.2, 0) is 11.3 Å². The van der Waals surface area contributed by atoms with Crippen LogP contribution in [0.25, 0.3) is 0 Å². The molecule has 1 N–H and O–H groups in total. The van der Waals surface area contributed by atoms with Crippen molar-refractivity contribution in [1.29, 1.82) is 0 Å². The topological polar surface area (TPSA) is 24.5 Å². The Morgan fingerprint density at radius 1 is 1.26 bits per heavy atom. The maximum Gasteiger partial charge on any atom is 0.146 e. The average molecular weight is 264 g/mol. The van der Waals surface area contributed by atoms with Crippen LogP contribution in [0.15, 0.2) is 18.2 Å². The minimum absolute atomic E-state index is 0.114. The van der Waals surface area contributed by atoms with Crippen LogP contribution in [0.1, 0.15) is 24.8 Å². The van der Waals surface area contributed by atoms with Gasteiger partial charge in [-0.25, -0.2) is 4.39 Å². The van der Waals surface area contributed by atoms with Gasteiger partial charge < -0.3 is 15.0 Å². The predicted octanol–water partition coefficient (Wildman–Crippen LogP) is 2.30. The Hall–Kier alpha value is -1.13. The van der Waals surface area contributed by atoms with Gasteiger partial charge in [0, 0.05) is 32.3 Å². The molecule has 1 saturated heterocycles. The highest BCUT2D eigenvalue weighted by Crippen LogP contribution is 2.23. The summed E-state index contributed by atoms with van der Waals surface area (Å²) in [5.74, 6) is -0.114. The summed E-state index contributed by atoms with van der Waals surface area (Å²) in [5, 5.41) is 3.41. The van der Waals surface area contributed by atoms with E-state index in [0.29, 0.717) is 18.3 Å². The minimum atomic E-state index is -0.114. The van der Waals surface area contributed by atoms with Gasteiger partial charge in [0.05, 0.1) is 12.3 Å². The maximum absolute atomic E-state index is 14.2. The SMILES string of the molecule is Fc1cc(CNC2CC2)ccc1N1CCCOCC1. The van der Waals surface area contributed by atoms with E-state index in [1.165, 1.54) is 12.8 Å². The molecule has 4 heteroatoms. The number of nitrogens with one attached hydrogen (secondary N) is 1. The summed E-state index contributed by atoms with van der Waals surface area (Å²) < 4.78 is 19.6. The molecule has 0 aromatic heterocycles. The van der Waals surface area contributed by atoms with E-state index in [4.69, 9.17) is 4.74 Å². The van der Waals surface area contributed by atoms with E-state index in [0.717, 1.165) is 38.2 Å². The Bertz CT molecular complexity index is 426. The molecular weight excluding hydrogens is 243 g/mol. The van der Waals surface area contributed by atoms with Crippen molar-refractivity contribution < 1.29 is 9.13 Å². The maximum atomic E-state index is 14.2. The number of ether oxygens (including phenoxy) is 1. The normalized spacial score (nSPS) is 20.4. The second-order valence-corrected chi connectivity index (χ2v) is 5.39. The van der Waals surface area contributed by atoms with Gasteiger partial charge in [0.2, 0.25) is 0 Å². The van der Waals surface area contributed by atoms with Crippen molar-refractivity contribution >= 4 is 5.69 Å². The molecule has 2 fully saturated rings. The Morgan fingerprint density at radius 3 is 2.95 bits per heavy atom. The molecule has 0 amide bonds. The lowest BCUT2D eigenvalue weighted by Crippen LogP contribution is -2.27. The first-order chi connectivity index (χ1) is 9.33. The van der Waals surface area contributed by atoms with Crippen LogP contribution in [0.3, 0.4) is 0 Å². The van der Waals surface area contributed by atoms with Gasteiger partial charge in [0.1, 0.15) is 5.82 Å². The molecule has 0 unspecified atom stereocenters. The van der Waals surface area contributed by atoms with Gasteiger partial charge in [-0.3, -0.25) is 0 Å². The summed E-state index contributed by atoms with van der Waals surface area (Å²) in [4.78, 5) is 2.08. The molecule has 1 heterocycles. The fourth-order valence-electron chi connectivity index (χ4n) is 2.45. The highest BCUT2D eigenvalue weighted by molar-refractivity contribution is 5.49. The third-order valence-corrected chi connectivity index (χ3v) is 3.75. The van der Waals surface area contributed by atoms with Gasteiger partial charge in [0.25, 0.3) is 0 Å². The summed E-state index contributed by atoms with van der Waals surface area (Å²) in [6.45, 7) is 3.88. The average Bonchev–Trinajstić information content (AvgIpc) is 3.24. The molecule has 1 saturated carbocycles. The van der Waals surface area contributed by atoms with Crippen LogP contribution >= 0.6 is 0 Å². The van der Waals surface area contributed by atoms with E-state index in [9.17, 15) is 4.39 Å². The Balaban J connectivity index is 1.66. The Morgan fingerprint density at radius 2 is 2.16 bits per heavy atom. The summed E-state index contributed by atoms with van der Waals surface area (Å²) in [5.41, 5.74) is 1.74. The first-order valence-corrected chi connectivity index (χ1v) is 7.17. The zero-order valence-corrected chi connectivity index (χ0v) is 11.2. The second kappa shape index (κ2) is 5.88. The van der Waals surface area contributed by atoms with E-state index < -0.39 is 0 Å². The van der Waals surface area contributed by atoms with Crippen LogP contribution in [0.4, 0.5) is 10.1 Å². The van der Waals surface area contributed by atoms with E-state index in [1.807, 2.05) is 12.1 Å². The van der Waals surface area contributed by atoms with Crippen LogP contribution < -0.4 is 10.2 Å².